The molecule has 0 unspecified atom stereocenters. The van der Waals surface area contributed by atoms with Crippen LogP contribution in [0, 0.1) is 5.92 Å². The molecule has 0 atom stereocenters. The minimum absolute atomic E-state index is 0.195. The Morgan fingerprint density at radius 3 is 2.60 bits per heavy atom. The molecule has 2 rings (SSSR count). The highest BCUT2D eigenvalue weighted by molar-refractivity contribution is 7.89. The summed E-state index contributed by atoms with van der Waals surface area (Å²) >= 11 is 5.99. The molecule has 1 aromatic carbocycles. The van der Waals surface area contributed by atoms with Crippen molar-refractivity contribution in [1.82, 2.24) is 4.31 Å². The second kappa shape index (κ2) is 6.43. The van der Waals surface area contributed by atoms with Crippen molar-refractivity contribution in [3.05, 3.63) is 28.8 Å². The van der Waals surface area contributed by atoms with Crippen molar-refractivity contribution in [2.45, 2.75) is 37.7 Å². The molecule has 112 valence electrons. The summed E-state index contributed by atoms with van der Waals surface area (Å²) in [5.74, 6) is 0.503. The number of sulfonamides is 1. The van der Waals surface area contributed by atoms with Crippen LogP contribution in [0.25, 0.3) is 0 Å². The van der Waals surface area contributed by atoms with E-state index in [9.17, 15) is 8.42 Å². The molecule has 0 saturated heterocycles. The zero-order chi connectivity index (χ0) is 14.8. The first kappa shape index (κ1) is 15.8. The lowest BCUT2D eigenvalue weighted by molar-refractivity contribution is 0.282. The van der Waals surface area contributed by atoms with Crippen molar-refractivity contribution in [3.63, 3.8) is 0 Å². The number of rotatable bonds is 7. The molecule has 6 heteroatoms. The van der Waals surface area contributed by atoms with Gasteiger partial charge in [0.25, 0.3) is 0 Å². The summed E-state index contributed by atoms with van der Waals surface area (Å²) < 4.78 is 26.8. The Morgan fingerprint density at radius 2 is 2.10 bits per heavy atom. The molecule has 1 aliphatic carbocycles. The van der Waals surface area contributed by atoms with Crippen molar-refractivity contribution in [1.29, 1.82) is 0 Å². The summed E-state index contributed by atoms with van der Waals surface area (Å²) in [6, 6.07) is 4.51. The number of hydrogen-bond acceptors (Lipinski definition) is 3. The van der Waals surface area contributed by atoms with Gasteiger partial charge in [-0.2, -0.15) is 4.31 Å². The van der Waals surface area contributed by atoms with Gasteiger partial charge in [-0.25, -0.2) is 8.42 Å². The number of aliphatic hydroxyl groups excluding tert-OH is 1. The largest absolute Gasteiger partial charge is 0.392 e. The maximum Gasteiger partial charge on any atom is 0.243 e. The van der Waals surface area contributed by atoms with Crippen LogP contribution in [0.15, 0.2) is 23.1 Å². The fourth-order valence-electron chi connectivity index (χ4n) is 2.11. The summed E-state index contributed by atoms with van der Waals surface area (Å²) in [7, 11) is -3.50. The van der Waals surface area contributed by atoms with Crippen LogP contribution in [-0.2, 0) is 16.6 Å². The summed E-state index contributed by atoms with van der Waals surface area (Å²) in [6.07, 6.45) is 3.01. The van der Waals surface area contributed by atoms with Gasteiger partial charge < -0.3 is 5.11 Å². The van der Waals surface area contributed by atoms with Gasteiger partial charge in [-0.3, -0.25) is 0 Å². The van der Waals surface area contributed by atoms with Gasteiger partial charge in [-0.1, -0.05) is 24.6 Å². The Bertz CT molecular complexity index is 570. The van der Waals surface area contributed by atoms with Crippen LogP contribution < -0.4 is 0 Å². The standard InChI is InChI=1S/C14H20ClNO3S/c1-2-7-16(9-11-3-4-11)20(18,19)13-6-5-12(10-17)14(15)8-13/h5-6,8,11,17H,2-4,7,9-10H2,1H3. The van der Waals surface area contributed by atoms with Crippen LogP contribution in [0.2, 0.25) is 5.02 Å². The highest BCUT2D eigenvalue weighted by Crippen LogP contribution is 2.32. The van der Waals surface area contributed by atoms with E-state index in [1.165, 1.54) is 12.1 Å². The van der Waals surface area contributed by atoms with E-state index in [1.54, 1.807) is 10.4 Å². The molecule has 0 spiro atoms. The Hall–Kier alpha value is -0.620. The van der Waals surface area contributed by atoms with Crippen LogP contribution in [0.1, 0.15) is 31.7 Å². The normalized spacial score (nSPS) is 15.8. The van der Waals surface area contributed by atoms with E-state index in [2.05, 4.69) is 0 Å². The van der Waals surface area contributed by atoms with Gasteiger partial charge in [0, 0.05) is 18.1 Å². The fourth-order valence-corrected chi connectivity index (χ4v) is 4.05. The first-order valence-electron chi connectivity index (χ1n) is 6.88. The highest BCUT2D eigenvalue weighted by atomic mass is 35.5. The molecule has 1 fully saturated rings. The Balaban J connectivity index is 2.28. The van der Waals surface area contributed by atoms with Crippen LogP contribution >= 0.6 is 11.6 Å². The van der Waals surface area contributed by atoms with Gasteiger partial charge in [0.05, 0.1) is 11.5 Å². The topological polar surface area (TPSA) is 57.6 Å². The summed E-state index contributed by atoms with van der Waals surface area (Å²) in [6.45, 7) is 2.89. The quantitative estimate of drug-likeness (QED) is 0.841. The lowest BCUT2D eigenvalue weighted by atomic mass is 10.2. The molecule has 4 nitrogen and oxygen atoms in total. The second-order valence-corrected chi connectivity index (χ2v) is 7.56. The molecule has 0 amide bonds. The van der Waals surface area contributed by atoms with E-state index >= 15 is 0 Å². The van der Waals surface area contributed by atoms with Crippen LogP contribution in [-0.4, -0.2) is 30.9 Å². The van der Waals surface area contributed by atoms with E-state index < -0.39 is 10.0 Å². The number of aliphatic hydroxyl groups is 1. The summed E-state index contributed by atoms with van der Waals surface area (Å²) in [4.78, 5) is 0.203. The molecule has 0 aromatic heterocycles. The van der Waals surface area contributed by atoms with Gasteiger partial charge in [0.2, 0.25) is 10.0 Å². The molecule has 1 aromatic rings. The van der Waals surface area contributed by atoms with Crippen LogP contribution in [0.5, 0.6) is 0 Å². The predicted octanol–water partition coefficient (Wildman–Crippen LogP) is 2.64. The van der Waals surface area contributed by atoms with Gasteiger partial charge in [0.1, 0.15) is 0 Å². The molecule has 1 N–H and O–H groups in total. The van der Waals surface area contributed by atoms with Gasteiger partial charge in [0.15, 0.2) is 0 Å². The van der Waals surface area contributed by atoms with Crippen molar-refractivity contribution < 1.29 is 13.5 Å². The van der Waals surface area contributed by atoms with Crippen molar-refractivity contribution in [3.8, 4) is 0 Å². The van der Waals surface area contributed by atoms with Crippen LogP contribution in [0.3, 0.4) is 0 Å². The van der Waals surface area contributed by atoms with Crippen molar-refractivity contribution in [2.24, 2.45) is 5.92 Å². The number of nitrogens with zero attached hydrogens (tertiary/aromatic N) is 1. The van der Waals surface area contributed by atoms with Gasteiger partial charge >= 0.3 is 0 Å². The maximum absolute atomic E-state index is 12.6. The van der Waals surface area contributed by atoms with E-state index in [4.69, 9.17) is 16.7 Å². The lowest BCUT2D eigenvalue weighted by Gasteiger charge is -2.21. The molecule has 1 aliphatic rings. The Kier molecular flexibility index (Phi) is 5.07. The molecule has 0 heterocycles. The monoisotopic (exact) mass is 317 g/mol. The zero-order valence-electron chi connectivity index (χ0n) is 11.5. The summed E-state index contributed by atoms with van der Waals surface area (Å²) in [5, 5.41) is 9.38. The minimum Gasteiger partial charge on any atom is -0.392 e. The molecule has 0 radical (unpaired) electrons. The van der Waals surface area contributed by atoms with E-state index in [-0.39, 0.29) is 16.5 Å². The highest BCUT2D eigenvalue weighted by Gasteiger charge is 2.31. The number of hydrogen-bond donors (Lipinski definition) is 1. The van der Waals surface area contributed by atoms with Crippen LogP contribution in [0.4, 0.5) is 0 Å². The Labute approximate surface area is 125 Å². The molecule has 0 aliphatic heterocycles. The maximum atomic E-state index is 12.6. The molecule has 0 bridgehead atoms. The average Bonchev–Trinajstić information content (AvgIpc) is 3.22. The van der Waals surface area contributed by atoms with E-state index in [1.807, 2.05) is 6.92 Å². The second-order valence-electron chi connectivity index (χ2n) is 5.22. The summed E-state index contributed by atoms with van der Waals surface area (Å²) in [5.41, 5.74) is 0.537. The molecular formula is C14H20ClNO3S. The third-order valence-electron chi connectivity index (χ3n) is 3.46. The predicted molar refractivity (Wildman–Crippen MR) is 79.1 cm³/mol. The lowest BCUT2D eigenvalue weighted by Crippen LogP contribution is -2.33. The minimum atomic E-state index is -3.50. The zero-order valence-corrected chi connectivity index (χ0v) is 13.1. The first-order chi connectivity index (χ1) is 9.48. The molecular weight excluding hydrogens is 298 g/mol. The van der Waals surface area contributed by atoms with Gasteiger partial charge in [-0.05, 0) is 42.9 Å². The Morgan fingerprint density at radius 1 is 1.40 bits per heavy atom. The SMILES string of the molecule is CCCN(CC1CC1)S(=O)(=O)c1ccc(CO)c(Cl)c1. The smallest absolute Gasteiger partial charge is 0.243 e. The van der Waals surface area contributed by atoms with Crippen molar-refractivity contribution >= 4 is 21.6 Å². The van der Waals surface area contributed by atoms with E-state index in [0.717, 1.165) is 19.3 Å². The third kappa shape index (κ3) is 3.52. The number of halogens is 1. The third-order valence-corrected chi connectivity index (χ3v) is 5.68. The molecule has 1 saturated carbocycles. The van der Waals surface area contributed by atoms with Crippen molar-refractivity contribution in [2.75, 3.05) is 13.1 Å². The van der Waals surface area contributed by atoms with E-state index in [0.29, 0.717) is 24.6 Å². The first-order valence-corrected chi connectivity index (χ1v) is 8.70. The van der Waals surface area contributed by atoms with Gasteiger partial charge in [-0.15, -0.1) is 0 Å². The average molecular weight is 318 g/mol. The fraction of sp³-hybridized carbons (Fsp3) is 0.571. The number of benzene rings is 1. The molecule has 20 heavy (non-hydrogen) atoms.